The number of methoxy groups -OCH3 is 1. The summed E-state index contributed by atoms with van der Waals surface area (Å²) in [7, 11) is 1.59. The molecular weight excluding hydrogens is 260 g/mol. The Labute approximate surface area is 119 Å². The van der Waals surface area contributed by atoms with Crippen LogP contribution in [0.15, 0.2) is 5.16 Å². The molecule has 0 aromatic carbocycles. The first-order valence-electron chi connectivity index (χ1n) is 7.02. The quantitative estimate of drug-likeness (QED) is 0.865. The first-order chi connectivity index (χ1) is 9.31. The fourth-order valence-electron chi connectivity index (χ4n) is 2.13. The van der Waals surface area contributed by atoms with Crippen LogP contribution < -0.4 is 10.1 Å². The minimum Gasteiger partial charge on any atom is -0.467 e. The molecule has 19 heavy (non-hydrogen) atoms. The fourth-order valence-corrected chi connectivity index (χ4v) is 3.27. The normalized spacial score (nSPS) is 16.3. The number of nitrogens with zero attached hydrogens (tertiary/aromatic N) is 3. The van der Waals surface area contributed by atoms with Gasteiger partial charge in [0.1, 0.15) is 0 Å². The van der Waals surface area contributed by atoms with Crippen LogP contribution in [0.25, 0.3) is 0 Å². The van der Waals surface area contributed by atoms with E-state index in [0.29, 0.717) is 17.2 Å². The van der Waals surface area contributed by atoms with E-state index in [1.54, 1.807) is 18.9 Å². The third-order valence-electron chi connectivity index (χ3n) is 3.13. The topological polar surface area (TPSA) is 59.9 Å². The minimum absolute atomic E-state index is 0.395. The van der Waals surface area contributed by atoms with Crippen molar-refractivity contribution in [2.24, 2.45) is 0 Å². The Bertz CT molecular complexity index is 396. The van der Waals surface area contributed by atoms with E-state index in [1.807, 2.05) is 0 Å². The molecule has 1 saturated carbocycles. The van der Waals surface area contributed by atoms with Crippen LogP contribution >= 0.6 is 11.8 Å². The second-order valence-electron chi connectivity index (χ2n) is 4.73. The summed E-state index contributed by atoms with van der Waals surface area (Å²) in [6, 6.07) is 0.395. The Morgan fingerprint density at radius 3 is 2.68 bits per heavy atom. The maximum atomic E-state index is 5.15. The van der Waals surface area contributed by atoms with Gasteiger partial charge in [-0.15, -0.1) is 0 Å². The molecule has 0 saturated heterocycles. The number of thioether (sulfide) groups is 1. The third kappa shape index (κ3) is 4.53. The summed E-state index contributed by atoms with van der Waals surface area (Å²) in [4.78, 5) is 13.0. The van der Waals surface area contributed by atoms with Gasteiger partial charge in [-0.3, -0.25) is 0 Å². The van der Waals surface area contributed by atoms with Gasteiger partial charge in [0.2, 0.25) is 5.95 Å². The Morgan fingerprint density at radius 2 is 2.00 bits per heavy atom. The molecule has 0 aliphatic heterocycles. The van der Waals surface area contributed by atoms with Crippen LogP contribution in [0, 0.1) is 0 Å². The van der Waals surface area contributed by atoms with E-state index < -0.39 is 0 Å². The number of nitrogens with one attached hydrogen (secondary N) is 1. The van der Waals surface area contributed by atoms with Crippen LogP contribution in [0.3, 0.4) is 0 Å². The largest absolute Gasteiger partial charge is 0.467 e. The summed E-state index contributed by atoms with van der Waals surface area (Å²) in [6.45, 7) is 2.98. The SMILES string of the molecule is CCCNc1nc(OC)nc(SC2CCCCC2)n1. The Balaban J connectivity index is 2.04. The Kier molecular flexibility index (Phi) is 5.69. The smallest absolute Gasteiger partial charge is 0.321 e. The molecule has 106 valence electrons. The van der Waals surface area contributed by atoms with E-state index in [1.165, 1.54) is 32.1 Å². The van der Waals surface area contributed by atoms with E-state index in [0.717, 1.165) is 18.1 Å². The lowest BCUT2D eigenvalue weighted by Gasteiger charge is -2.20. The number of ether oxygens (including phenoxy) is 1. The molecule has 1 aromatic heterocycles. The zero-order chi connectivity index (χ0) is 13.5. The van der Waals surface area contributed by atoms with E-state index in [9.17, 15) is 0 Å². The van der Waals surface area contributed by atoms with Gasteiger partial charge in [-0.1, -0.05) is 37.9 Å². The maximum Gasteiger partial charge on any atom is 0.321 e. The maximum absolute atomic E-state index is 5.15. The molecule has 0 spiro atoms. The molecule has 2 rings (SSSR count). The van der Waals surface area contributed by atoms with Crippen molar-refractivity contribution in [1.82, 2.24) is 15.0 Å². The number of hydrogen-bond acceptors (Lipinski definition) is 6. The van der Waals surface area contributed by atoms with Crippen molar-refractivity contribution in [3.05, 3.63) is 0 Å². The molecule has 1 aliphatic rings. The summed E-state index contributed by atoms with van der Waals surface area (Å²) in [6.07, 6.45) is 7.56. The lowest BCUT2D eigenvalue weighted by molar-refractivity contribution is 0.373. The van der Waals surface area contributed by atoms with Gasteiger partial charge >= 0.3 is 6.01 Å². The first-order valence-corrected chi connectivity index (χ1v) is 7.90. The molecule has 1 aromatic rings. The fraction of sp³-hybridized carbons (Fsp3) is 0.769. The van der Waals surface area contributed by atoms with Crippen molar-refractivity contribution in [3.8, 4) is 6.01 Å². The number of aromatic nitrogens is 3. The van der Waals surface area contributed by atoms with Crippen molar-refractivity contribution in [3.63, 3.8) is 0 Å². The molecular formula is C13H22N4OS. The second-order valence-corrected chi connectivity index (χ2v) is 6.00. The highest BCUT2D eigenvalue weighted by molar-refractivity contribution is 7.99. The predicted molar refractivity (Wildman–Crippen MR) is 77.9 cm³/mol. The van der Waals surface area contributed by atoms with E-state index in [4.69, 9.17) is 4.74 Å². The molecule has 5 nitrogen and oxygen atoms in total. The van der Waals surface area contributed by atoms with Gasteiger partial charge < -0.3 is 10.1 Å². The van der Waals surface area contributed by atoms with Crippen molar-refractivity contribution in [2.75, 3.05) is 19.0 Å². The molecule has 6 heteroatoms. The van der Waals surface area contributed by atoms with E-state index in [-0.39, 0.29) is 0 Å². The highest BCUT2D eigenvalue weighted by atomic mass is 32.2. The van der Waals surface area contributed by atoms with Gasteiger partial charge in [-0.2, -0.15) is 15.0 Å². The van der Waals surface area contributed by atoms with Crippen molar-refractivity contribution in [2.45, 2.75) is 55.9 Å². The molecule has 0 radical (unpaired) electrons. The average Bonchev–Trinajstić information content (AvgIpc) is 2.46. The van der Waals surface area contributed by atoms with Crippen molar-refractivity contribution >= 4 is 17.7 Å². The molecule has 1 fully saturated rings. The second kappa shape index (κ2) is 7.53. The van der Waals surface area contributed by atoms with E-state index >= 15 is 0 Å². The predicted octanol–water partition coefficient (Wildman–Crippen LogP) is 3.13. The average molecular weight is 282 g/mol. The highest BCUT2D eigenvalue weighted by Crippen LogP contribution is 2.32. The van der Waals surface area contributed by atoms with Gasteiger partial charge in [0.25, 0.3) is 0 Å². The van der Waals surface area contributed by atoms with Crippen LogP contribution in [0.2, 0.25) is 0 Å². The zero-order valence-corrected chi connectivity index (χ0v) is 12.5. The molecule has 1 heterocycles. The monoisotopic (exact) mass is 282 g/mol. The minimum atomic E-state index is 0.395. The molecule has 1 aliphatic carbocycles. The lowest BCUT2D eigenvalue weighted by atomic mass is 10.0. The summed E-state index contributed by atoms with van der Waals surface area (Å²) in [5, 5.41) is 4.61. The summed E-state index contributed by atoms with van der Waals surface area (Å²) in [5.41, 5.74) is 0. The highest BCUT2D eigenvalue weighted by Gasteiger charge is 2.17. The van der Waals surface area contributed by atoms with Gasteiger partial charge in [0, 0.05) is 11.8 Å². The molecule has 0 atom stereocenters. The lowest BCUT2D eigenvalue weighted by Crippen LogP contribution is -2.11. The molecule has 0 amide bonds. The number of hydrogen-bond donors (Lipinski definition) is 1. The molecule has 0 bridgehead atoms. The van der Waals surface area contributed by atoms with Crippen LogP contribution in [0.4, 0.5) is 5.95 Å². The van der Waals surface area contributed by atoms with Gasteiger partial charge in [-0.05, 0) is 19.3 Å². The van der Waals surface area contributed by atoms with Gasteiger partial charge in [0.05, 0.1) is 7.11 Å². The third-order valence-corrected chi connectivity index (χ3v) is 4.33. The van der Waals surface area contributed by atoms with Gasteiger partial charge in [0.15, 0.2) is 5.16 Å². The van der Waals surface area contributed by atoms with Crippen LogP contribution in [0.1, 0.15) is 45.4 Å². The standard InChI is InChI=1S/C13H22N4OS/c1-3-9-14-11-15-12(18-2)17-13(16-11)19-10-7-5-4-6-8-10/h10H,3-9H2,1-2H3,(H,14,15,16,17). The van der Waals surface area contributed by atoms with Gasteiger partial charge in [-0.25, -0.2) is 0 Å². The Hall–Kier alpha value is -1.04. The van der Waals surface area contributed by atoms with Crippen molar-refractivity contribution in [1.29, 1.82) is 0 Å². The van der Waals surface area contributed by atoms with Crippen LogP contribution in [-0.4, -0.2) is 33.9 Å². The number of anilines is 1. The Morgan fingerprint density at radius 1 is 1.21 bits per heavy atom. The summed E-state index contributed by atoms with van der Waals surface area (Å²) < 4.78 is 5.15. The zero-order valence-electron chi connectivity index (χ0n) is 11.7. The van der Waals surface area contributed by atoms with Crippen molar-refractivity contribution < 1.29 is 4.74 Å². The summed E-state index contributed by atoms with van der Waals surface area (Å²) in [5.74, 6) is 0.618. The number of rotatable bonds is 6. The molecule has 0 unspecified atom stereocenters. The van der Waals surface area contributed by atoms with E-state index in [2.05, 4.69) is 27.2 Å². The first kappa shape index (κ1) is 14.4. The summed E-state index contributed by atoms with van der Waals surface area (Å²) >= 11 is 1.76. The van der Waals surface area contributed by atoms with Crippen LogP contribution in [0.5, 0.6) is 6.01 Å². The van der Waals surface area contributed by atoms with Crippen LogP contribution in [-0.2, 0) is 0 Å². The molecule has 1 N–H and O–H groups in total.